The molecular formula is C14H13ClN2O4. The van der Waals surface area contributed by atoms with Gasteiger partial charge in [-0.25, -0.2) is 4.79 Å². The number of primary amides is 1. The zero-order valence-corrected chi connectivity index (χ0v) is 11.9. The van der Waals surface area contributed by atoms with Crippen LogP contribution in [0.4, 0.5) is 5.69 Å². The number of anilines is 1. The summed E-state index contributed by atoms with van der Waals surface area (Å²) in [6, 6.07) is 6.20. The van der Waals surface area contributed by atoms with E-state index in [1.165, 1.54) is 12.1 Å². The van der Waals surface area contributed by atoms with Crippen LogP contribution in [0.3, 0.4) is 0 Å². The van der Waals surface area contributed by atoms with Gasteiger partial charge in [0, 0.05) is 5.69 Å². The van der Waals surface area contributed by atoms with Crippen molar-refractivity contribution >= 4 is 29.2 Å². The number of benzene rings is 1. The third kappa shape index (κ3) is 3.35. The van der Waals surface area contributed by atoms with Crippen LogP contribution in [0.2, 0.25) is 5.02 Å². The van der Waals surface area contributed by atoms with Gasteiger partial charge in [0.25, 0.3) is 0 Å². The van der Waals surface area contributed by atoms with E-state index in [1.807, 2.05) is 0 Å². The van der Waals surface area contributed by atoms with E-state index in [1.54, 1.807) is 19.1 Å². The van der Waals surface area contributed by atoms with Crippen molar-refractivity contribution in [1.29, 1.82) is 0 Å². The summed E-state index contributed by atoms with van der Waals surface area (Å²) in [5.41, 5.74) is 6.20. The average Bonchev–Trinajstić information content (AvgIpc) is 2.77. The molecule has 0 saturated carbocycles. The van der Waals surface area contributed by atoms with Crippen LogP contribution in [0.1, 0.15) is 32.2 Å². The van der Waals surface area contributed by atoms with Crippen molar-refractivity contribution < 1.29 is 19.1 Å². The van der Waals surface area contributed by atoms with Crippen LogP contribution in [0.5, 0.6) is 0 Å². The normalized spacial score (nSPS) is 10.4. The number of carbonyl (C=O) groups excluding carboxylic acids is 1. The largest absolute Gasteiger partial charge is 0.478 e. The first kappa shape index (κ1) is 14.9. The zero-order chi connectivity index (χ0) is 15.6. The van der Waals surface area contributed by atoms with Crippen LogP contribution in [0.15, 0.2) is 28.7 Å². The van der Waals surface area contributed by atoms with Gasteiger partial charge >= 0.3 is 5.97 Å². The quantitative estimate of drug-likeness (QED) is 0.787. The topological polar surface area (TPSA) is 106 Å². The number of rotatable bonds is 5. The highest BCUT2D eigenvalue weighted by atomic mass is 35.5. The third-order valence-corrected chi connectivity index (χ3v) is 3.21. The minimum absolute atomic E-state index is 0.133. The fourth-order valence-corrected chi connectivity index (χ4v) is 2.13. The molecule has 1 heterocycles. The smallest absolute Gasteiger partial charge is 0.339 e. The molecule has 0 spiro atoms. The summed E-state index contributed by atoms with van der Waals surface area (Å²) < 4.78 is 5.34. The number of halogens is 1. The molecule has 2 aromatic rings. The van der Waals surface area contributed by atoms with E-state index in [2.05, 4.69) is 5.32 Å². The Hall–Kier alpha value is -2.47. The number of nitrogens with two attached hydrogens (primary N) is 1. The van der Waals surface area contributed by atoms with Gasteiger partial charge in [0.1, 0.15) is 17.1 Å². The molecule has 1 aromatic carbocycles. The van der Waals surface area contributed by atoms with Gasteiger partial charge in [-0.2, -0.15) is 0 Å². The standard InChI is InChI=1S/C14H13ClN2O4/c1-7-11(14(19)20)5-9(21-7)6-17-8-2-3-10(13(16)18)12(15)4-8/h2-5,17H,6H2,1H3,(H2,16,18)(H,19,20). The van der Waals surface area contributed by atoms with Crippen molar-refractivity contribution in [1.82, 2.24) is 0 Å². The fourth-order valence-electron chi connectivity index (χ4n) is 1.86. The molecule has 110 valence electrons. The van der Waals surface area contributed by atoms with E-state index in [0.717, 1.165) is 0 Å². The van der Waals surface area contributed by atoms with Gasteiger partial charge in [0.2, 0.25) is 5.91 Å². The summed E-state index contributed by atoms with van der Waals surface area (Å²) in [5.74, 6) is -0.794. The molecule has 0 aliphatic rings. The van der Waals surface area contributed by atoms with Crippen molar-refractivity contribution in [2.45, 2.75) is 13.5 Å². The Morgan fingerprint density at radius 1 is 1.33 bits per heavy atom. The average molecular weight is 309 g/mol. The zero-order valence-electron chi connectivity index (χ0n) is 11.1. The van der Waals surface area contributed by atoms with Crippen LogP contribution in [0, 0.1) is 6.92 Å². The molecular weight excluding hydrogens is 296 g/mol. The Labute approximate surface area is 125 Å². The molecule has 0 aliphatic heterocycles. The number of hydrogen-bond acceptors (Lipinski definition) is 4. The number of carbonyl (C=O) groups is 2. The lowest BCUT2D eigenvalue weighted by atomic mass is 10.2. The molecule has 0 radical (unpaired) electrons. The number of carboxylic acid groups (broad SMARTS) is 1. The second kappa shape index (κ2) is 5.88. The fraction of sp³-hybridized carbons (Fsp3) is 0.143. The summed E-state index contributed by atoms with van der Waals surface area (Å²) in [6.45, 7) is 1.88. The van der Waals surface area contributed by atoms with Crippen LogP contribution in [-0.4, -0.2) is 17.0 Å². The molecule has 2 rings (SSSR count). The van der Waals surface area contributed by atoms with Crippen molar-refractivity contribution in [3.8, 4) is 0 Å². The molecule has 1 aromatic heterocycles. The molecule has 4 N–H and O–H groups in total. The first-order valence-electron chi connectivity index (χ1n) is 6.04. The Balaban J connectivity index is 2.10. The van der Waals surface area contributed by atoms with E-state index in [-0.39, 0.29) is 16.1 Å². The number of aryl methyl sites for hydroxylation is 1. The first-order chi connectivity index (χ1) is 9.88. The lowest BCUT2D eigenvalue weighted by Gasteiger charge is -2.06. The Bertz CT molecular complexity index is 709. The van der Waals surface area contributed by atoms with Crippen molar-refractivity contribution in [2.24, 2.45) is 5.73 Å². The highest BCUT2D eigenvalue weighted by Crippen LogP contribution is 2.22. The maximum atomic E-state index is 11.1. The molecule has 0 unspecified atom stereocenters. The second-order valence-electron chi connectivity index (χ2n) is 4.40. The monoisotopic (exact) mass is 308 g/mol. The SMILES string of the molecule is Cc1oc(CNc2ccc(C(N)=O)c(Cl)c2)cc1C(=O)O. The minimum Gasteiger partial charge on any atom is -0.478 e. The molecule has 0 aliphatic carbocycles. The van der Waals surface area contributed by atoms with E-state index in [4.69, 9.17) is 26.9 Å². The van der Waals surface area contributed by atoms with E-state index < -0.39 is 11.9 Å². The van der Waals surface area contributed by atoms with Gasteiger partial charge in [-0.1, -0.05) is 11.6 Å². The van der Waals surface area contributed by atoms with Gasteiger partial charge < -0.3 is 20.6 Å². The molecule has 21 heavy (non-hydrogen) atoms. The number of carboxylic acids is 1. The molecule has 0 bridgehead atoms. The summed E-state index contributed by atoms with van der Waals surface area (Å²) in [6.07, 6.45) is 0. The summed E-state index contributed by atoms with van der Waals surface area (Å²) in [4.78, 5) is 22.0. The van der Waals surface area contributed by atoms with Gasteiger partial charge in [0.05, 0.1) is 17.1 Å². The maximum Gasteiger partial charge on any atom is 0.339 e. The summed E-state index contributed by atoms with van der Waals surface area (Å²) in [7, 11) is 0. The molecule has 0 saturated heterocycles. The number of furan rings is 1. The van der Waals surface area contributed by atoms with Gasteiger partial charge in [-0.15, -0.1) is 0 Å². The number of amides is 1. The minimum atomic E-state index is -1.03. The Kier molecular flexibility index (Phi) is 4.18. The third-order valence-electron chi connectivity index (χ3n) is 2.90. The van der Waals surface area contributed by atoms with Crippen molar-refractivity contribution in [3.63, 3.8) is 0 Å². The molecule has 6 nitrogen and oxygen atoms in total. The molecule has 7 heteroatoms. The maximum absolute atomic E-state index is 11.1. The summed E-state index contributed by atoms with van der Waals surface area (Å²) in [5, 5.41) is 12.2. The summed E-state index contributed by atoms with van der Waals surface area (Å²) >= 11 is 5.94. The number of nitrogens with one attached hydrogen (secondary N) is 1. The lowest BCUT2D eigenvalue weighted by Crippen LogP contribution is -2.11. The number of hydrogen-bond donors (Lipinski definition) is 3. The van der Waals surface area contributed by atoms with Crippen LogP contribution >= 0.6 is 11.6 Å². The highest BCUT2D eigenvalue weighted by molar-refractivity contribution is 6.34. The molecule has 1 amide bonds. The Morgan fingerprint density at radius 3 is 2.57 bits per heavy atom. The Morgan fingerprint density at radius 2 is 2.05 bits per heavy atom. The highest BCUT2D eigenvalue weighted by Gasteiger charge is 2.13. The van der Waals surface area contributed by atoms with E-state index in [9.17, 15) is 9.59 Å². The van der Waals surface area contributed by atoms with Crippen molar-refractivity contribution in [2.75, 3.05) is 5.32 Å². The molecule has 0 fully saturated rings. The first-order valence-corrected chi connectivity index (χ1v) is 6.42. The second-order valence-corrected chi connectivity index (χ2v) is 4.81. The predicted molar refractivity (Wildman–Crippen MR) is 77.7 cm³/mol. The van der Waals surface area contributed by atoms with Crippen LogP contribution < -0.4 is 11.1 Å². The van der Waals surface area contributed by atoms with Crippen LogP contribution in [0.25, 0.3) is 0 Å². The van der Waals surface area contributed by atoms with E-state index >= 15 is 0 Å². The van der Waals surface area contributed by atoms with Gasteiger partial charge in [-0.05, 0) is 31.2 Å². The lowest BCUT2D eigenvalue weighted by molar-refractivity contribution is 0.0694. The van der Waals surface area contributed by atoms with Crippen LogP contribution in [-0.2, 0) is 6.54 Å². The molecule has 0 atom stereocenters. The van der Waals surface area contributed by atoms with Gasteiger partial charge in [0.15, 0.2) is 0 Å². The van der Waals surface area contributed by atoms with Gasteiger partial charge in [-0.3, -0.25) is 4.79 Å². The number of aromatic carboxylic acids is 1. The predicted octanol–water partition coefficient (Wildman–Crippen LogP) is 2.65. The van der Waals surface area contributed by atoms with Crippen molar-refractivity contribution in [3.05, 3.63) is 51.9 Å². The van der Waals surface area contributed by atoms with E-state index in [0.29, 0.717) is 23.8 Å².